The van der Waals surface area contributed by atoms with Crippen LogP contribution in [0.2, 0.25) is 0 Å². The van der Waals surface area contributed by atoms with Crippen LogP contribution in [0.15, 0.2) is 72.8 Å². The lowest BCUT2D eigenvalue weighted by Crippen LogP contribution is -1.97. The van der Waals surface area contributed by atoms with E-state index in [1.54, 1.807) is 13.2 Å². The van der Waals surface area contributed by atoms with Gasteiger partial charge in [-0.15, -0.1) is 0 Å². The Morgan fingerprint density at radius 2 is 1.67 bits per heavy atom. The lowest BCUT2D eigenvalue weighted by molar-refractivity contribution is 0.408. The molecule has 24 heavy (non-hydrogen) atoms. The van der Waals surface area contributed by atoms with Crippen LogP contribution in [0.1, 0.15) is 0 Å². The maximum absolute atomic E-state index is 10.4. The maximum Gasteiger partial charge on any atom is 0.149 e. The van der Waals surface area contributed by atoms with E-state index < -0.39 is 0 Å². The zero-order valence-electron chi connectivity index (χ0n) is 13.2. The van der Waals surface area contributed by atoms with Gasteiger partial charge in [0, 0.05) is 11.8 Å². The van der Waals surface area contributed by atoms with Crippen LogP contribution in [0.25, 0.3) is 28.1 Å². The van der Waals surface area contributed by atoms with Crippen molar-refractivity contribution in [1.29, 1.82) is 0 Å². The molecule has 0 bridgehead atoms. The van der Waals surface area contributed by atoms with E-state index in [1.807, 2.05) is 66.7 Å². The predicted octanol–water partition coefficient (Wildman–Crippen LogP) is 4.41. The van der Waals surface area contributed by atoms with Gasteiger partial charge in [0.1, 0.15) is 17.3 Å². The molecule has 0 aliphatic heterocycles. The largest absolute Gasteiger partial charge is 0.507 e. The Hall–Kier alpha value is -3.27. The monoisotopic (exact) mass is 316 g/mol. The van der Waals surface area contributed by atoms with Gasteiger partial charge in [0.25, 0.3) is 0 Å². The fourth-order valence-electron chi connectivity index (χ4n) is 2.87. The van der Waals surface area contributed by atoms with Crippen LogP contribution >= 0.6 is 0 Å². The van der Waals surface area contributed by atoms with Gasteiger partial charge in [0.05, 0.1) is 23.7 Å². The molecule has 1 aromatic heterocycles. The topological polar surface area (TPSA) is 47.3 Å². The van der Waals surface area contributed by atoms with Gasteiger partial charge in [-0.1, -0.05) is 30.3 Å². The molecule has 4 rings (SSSR count). The van der Waals surface area contributed by atoms with Crippen molar-refractivity contribution in [2.45, 2.75) is 0 Å². The van der Waals surface area contributed by atoms with E-state index in [4.69, 9.17) is 9.72 Å². The van der Waals surface area contributed by atoms with Crippen molar-refractivity contribution in [3.63, 3.8) is 0 Å². The van der Waals surface area contributed by atoms with Crippen LogP contribution in [-0.4, -0.2) is 21.8 Å². The summed E-state index contributed by atoms with van der Waals surface area (Å²) in [5.74, 6) is 1.45. The number of aromatic hydroxyl groups is 1. The van der Waals surface area contributed by atoms with Gasteiger partial charge in [0.15, 0.2) is 0 Å². The molecule has 118 valence electrons. The Bertz CT molecular complexity index is 1010. The van der Waals surface area contributed by atoms with E-state index in [0.717, 1.165) is 16.7 Å². The Morgan fingerprint density at radius 3 is 2.42 bits per heavy atom. The first kappa shape index (κ1) is 14.3. The average Bonchev–Trinajstić information content (AvgIpc) is 3.01. The number of phenolic OH excluding ortho intramolecular Hbond substituents is 1. The molecule has 0 aliphatic rings. The van der Waals surface area contributed by atoms with Crippen molar-refractivity contribution in [2.24, 2.45) is 0 Å². The number of hydrogen-bond acceptors (Lipinski definition) is 3. The number of para-hydroxylation sites is 3. The van der Waals surface area contributed by atoms with E-state index in [2.05, 4.69) is 4.57 Å². The standard InChI is InChI=1S/C20H16N2O2/c1-24-15-11-12-16(19(23)13-15)20-21-17-9-5-6-10-18(17)22(20)14-7-3-2-4-8-14/h2-13,23H,1H3. The lowest BCUT2D eigenvalue weighted by atomic mass is 10.1. The summed E-state index contributed by atoms with van der Waals surface area (Å²) in [6, 6.07) is 23.2. The first-order valence-electron chi connectivity index (χ1n) is 7.68. The Balaban J connectivity index is 2.02. The summed E-state index contributed by atoms with van der Waals surface area (Å²) < 4.78 is 7.22. The number of hydrogen-bond donors (Lipinski definition) is 1. The maximum atomic E-state index is 10.4. The summed E-state index contributed by atoms with van der Waals surface area (Å²) in [6.07, 6.45) is 0. The van der Waals surface area contributed by atoms with Crippen LogP contribution in [0.5, 0.6) is 11.5 Å². The molecule has 4 aromatic rings. The number of rotatable bonds is 3. The first-order chi connectivity index (χ1) is 11.8. The molecule has 0 fully saturated rings. The highest BCUT2D eigenvalue weighted by Gasteiger charge is 2.17. The Kier molecular flexibility index (Phi) is 3.43. The highest BCUT2D eigenvalue weighted by Crippen LogP contribution is 2.35. The minimum atomic E-state index is 0.141. The third-order valence-corrected chi connectivity index (χ3v) is 4.02. The molecule has 3 aromatic carbocycles. The van der Waals surface area contributed by atoms with E-state index in [0.29, 0.717) is 17.1 Å². The number of fused-ring (bicyclic) bond motifs is 1. The van der Waals surface area contributed by atoms with Crippen molar-refractivity contribution < 1.29 is 9.84 Å². The number of aromatic nitrogens is 2. The second kappa shape index (κ2) is 5.74. The van der Waals surface area contributed by atoms with Gasteiger partial charge in [-0.05, 0) is 36.4 Å². The summed E-state index contributed by atoms with van der Waals surface area (Å²) in [5.41, 5.74) is 3.53. The zero-order chi connectivity index (χ0) is 16.5. The molecule has 0 radical (unpaired) electrons. The normalized spacial score (nSPS) is 10.9. The quantitative estimate of drug-likeness (QED) is 0.609. The van der Waals surface area contributed by atoms with Gasteiger partial charge in [-0.25, -0.2) is 4.98 Å². The molecular weight excluding hydrogens is 300 g/mol. The third kappa shape index (κ3) is 2.29. The van der Waals surface area contributed by atoms with Crippen LogP contribution in [0.3, 0.4) is 0 Å². The minimum Gasteiger partial charge on any atom is -0.507 e. The van der Waals surface area contributed by atoms with Crippen LogP contribution in [-0.2, 0) is 0 Å². The number of benzene rings is 3. The van der Waals surface area contributed by atoms with Gasteiger partial charge < -0.3 is 9.84 Å². The molecule has 1 heterocycles. The third-order valence-electron chi connectivity index (χ3n) is 4.02. The molecule has 0 saturated heterocycles. The van der Waals surface area contributed by atoms with Crippen molar-refractivity contribution >= 4 is 11.0 Å². The number of ether oxygens (including phenoxy) is 1. The highest BCUT2D eigenvalue weighted by molar-refractivity contribution is 5.84. The summed E-state index contributed by atoms with van der Waals surface area (Å²) in [7, 11) is 1.58. The summed E-state index contributed by atoms with van der Waals surface area (Å²) in [5, 5.41) is 10.4. The molecule has 0 spiro atoms. The SMILES string of the molecule is COc1ccc(-c2nc3ccccc3n2-c2ccccc2)c(O)c1. The molecule has 4 nitrogen and oxygen atoms in total. The molecule has 0 saturated carbocycles. The average molecular weight is 316 g/mol. The molecule has 0 unspecified atom stereocenters. The zero-order valence-corrected chi connectivity index (χ0v) is 13.2. The van der Waals surface area contributed by atoms with Crippen LogP contribution in [0.4, 0.5) is 0 Å². The molecular formula is C20H16N2O2. The number of methoxy groups -OCH3 is 1. The Labute approximate surface area is 139 Å². The van der Waals surface area contributed by atoms with E-state index >= 15 is 0 Å². The van der Waals surface area contributed by atoms with Gasteiger partial charge in [-0.2, -0.15) is 0 Å². The van der Waals surface area contributed by atoms with Gasteiger partial charge >= 0.3 is 0 Å². The molecule has 0 atom stereocenters. The fraction of sp³-hybridized carbons (Fsp3) is 0.0500. The van der Waals surface area contributed by atoms with Crippen molar-refractivity contribution in [3.05, 3.63) is 72.8 Å². The second-order valence-corrected chi connectivity index (χ2v) is 5.48. The fourth-order valence-corrected chi connectivity index (χ4v) is 2.87. The lowest BCUT2D eigenvalue weighted by Gasteiger charge is -2.11. The van der Waals surface area contributed by atoms with Gasteiger partial charge in [0.2, 0.25) is 0 Å². The summed E-state index contributed by atoms with van der Waals surface area (Å²) in [4.78, 5) is 4.74. The van der Waals surface area contributed by atoms with Gasteiger partial charge in [-0.3, -0.25) is 4.57 Å². The van der Waals surface area contributed by atoms with Crippen LogP contribution in [0, 0.1) is 0 Å². The van der Waals surface area contributed by atoms with Crippen molar-refractivity contribution in [2.75, 3.05) is 7.11 Å². The molecule has 4 heteroatoms. The van der Waals surface area contributed by atoms with E-state index in [1.165, 1.54) is 0 Å². The van der Waals surface area contributed by atoms with E-state index in [9.17, 15) is 5.11 Å². The molecule has 1 N–H and O–H groups in total. The highest BCUT2D eigenvalue weighted by atomic mass is 16.5. The first-order valence-corrected chi connectivity index (χ1v) is 7.68. The number of imidazole rings is 1. The smallest absolute Gasteiger partial charge is 0.149 e. The minimum absolute atomic E-state index is 0.141. The summed E-state index contributed by atoms with van der Waals surface area (Å²) >= 11 is 0. The van der Waals surface area contributed by atoms with Crippen molar-refractivity contribution in [3.8, 4) is 28.6 Å². The second-order valence-electron chi connectivity index (χ2n) is 5.48. The van der Waals surface area contributed by atoms with E-state index in [-0.39, 0.29) is 5.75 Å². The molecule has 0 amide bonds. The number of phenols is 1. The van der Waals surface area contributed by atoms with Crippen LogP contribution < -0.4 is 4.74 Å². The summed E-state index contributed by atoms with van der Waals surface area (Å²) in [6.45, 7) is 0. The predicted molar refractivity (Wildman–Crippen MR) is 94.7 cm³/mol. The van der Waals surface area contributed by atoms with Crippen molar-refractivity contribution in [1.82, 2.24) is 9.55 Å². The number of nitrogens with zero attached hydrogens (tertiary/aromatic N) is 2. The Morgan fingerprint density at radius 1 is 0.917 bits per heavy atom. The molecule has 0 aliphatic carbocycles.